The van der Waals surface area contributed by atoms with Gasteiger partial charge in [0.2, 0.25) is 5.91 Å². The minimum atomic E-state index is -0.478. The molecule has 0 aliphatic rings. The van der Waals surface area contributed by atoms with Gasteiger partial charge in [0.15, 0.2) is 5.13 Å². The van der Waals surface area contributed by atoms with Gasteiger partial charge in [0.25, 0.3) is 0 Å². The predicted octanol–water partition coefficient (Wildman–Crippen LogP) is 1.72. The lowest BCUT2D eigenvalue weighted by Gasteiger charge is -2.00. The quantitative estimate of drug-likeness (QED) is 0.863. The molecule has 2 rings (SSSR count). The van der Waals surface area contributed by atoms with Crippen molar-refractivity contribution in [2.45, 2.75) is 20.3 Å². The number of aryl methyl sites for hydroxylation is 2. The van der Waals surface area contributed by atoms with Crippen LogP contribution in [0.15, 0.2) is 10.7 Å². The number of aromatic nitrogens is 2. The lowest BCUT2D eigenvalue weighted by atomic mass is 10.1. The van der Waals surface area contributed by atoms with Crippen LogP contribution in [0.25, 0.3) is 0 Å². The maximum Gasteiger partial charge on any atom is 0.349 e. The molecule has 106 valence electrons. The number of esters is 1. The summed E-state index contributed by atoms with van der Waals surface area (Å²) in [6.45, 7) is 3.53. The SMILES string of the molecule is COC(=O)c1cnc(NC(=O)Cc2c(C)noc2C)s1. The highest BCUT2D eigenvalue weighted by atomic mass is 32.1. The molecule has 0 aliphatic heterocycles. The second-order valence-corrected chi connectivity index (χ2v) is 5.08. The molecule has 0 atom stereocenters. The number of rotatable bonds is 4. The number of nitrogens with zero attached hydrogens (tertiary/aromatic N) is 2. The largest absolute Gasteiger partial charge is 0.465 e. The number of amides is 1. The van der Waals surface area contributed by atoms with Gasteiger partial charge in [-0.1, -0.05) is 16.5 Å². The van der Waals surface area contributed by atoms with Gasteiger partial charge in [-0.05, 0) is 13.8 Å². The summed E-state index contributed by atoms with van der Waals surface area (Å²) in [6.07, 6.45) is 1.51. The van der Waals surface area contributed by atoms with Crippen molar-refractivity contribution >= 4 is 28.3 Å². The van der Waals surface area contributed by atoms with E-state index in [1.807, 2.05) is 0 Å². The van der Waals surface area contributed by atoms with E-state index >= 15 is 0 Å². The van der Waals surface area contributed by atoms with Crippen molar-refractivity contribution in [3.05, 3.63) is 28.1 Å². The molecule has 0 saturated heterocycles. The second kappa shape index (κ2) is 5.83. The van der Waals surface area contributed by atoms with Crippen molar-refractivity contribution in [3.63, 3.8) is 0 Å². The summed E-state index contributed by atoms with van der Waals surface area (Å²) in [5.41, 5.74) is 1.44. The Morgan fingerprint density at radius 1 is 1.45 bits per heavy atom. The van der Waals surface area contributed by atoms with Crippen molar-refractivity contribution < 1.29 is 18.8 Å². The summed E-state index contributed by atoms with van der Waals surface area (Å²) in [5.74, 6) is -0.106. The number of anilines is 1. The molecule has 1 N–H and O–H groups in total. The van der Waals surface area contributed by atoms with Crippen LogP contribution in [0.2, 0.25) is 0 Å². The highest BCUT2D eigenvalue weighted by molar-refractivity contribution is 7.17. The van der Waals surface area contributed by atoms with E-state index in [1.165, 1.54) is 13.3 Å². The molecule has 0 radical (unpaired) electrons. The van der Waals surface area contributed by atoms with Gasteiger partial charge < -0.3 is 14.6 Å². The Morgan fingerprint density at radius 2 is 2.20 bits per heavy atom. The van der Waals surface area contributed by atoms with Crippen LogP contribution in [0, 0.1) is 13.8 Å². The van der Waals surface area contributed by atoms with Crippen LogP contribution < -0.4 is 5.32 Å². The number of carbonyl (C=O) groups excluding carboxylic acids is 2. The third-order valence-electron chi connectivity index (χ3n) is 2.66. The third-order valence-corrected chi connectivity index (χ3v) is 3.55. The van der Waals surface area contributed by atoms with Gasteiger partial charge in [-0.25, -0.2) is 9.78 Å². The highest BCUT2D eigenvalue weighted by Gasteiger charge is 2.16. The number of methoxy groups -OCH3 is 1. The Morgan fingerprint density at radius 3 is 2.80 bits per heavy atom. The van der Waals surface area contributed by atoms with Crippen LogP contribution in [0.3, 0.4) is 0 Å². The van der Waals surface area contributed by atoms with E-state index in [9.17, 15) is 9.59 Å². The molecule has 2 aromatic rings. The van der Waals surface area contributed by atoms with Gasteiger partial charge in [0.05, 0.1) is 25.4 Å². The van der Waals surface area contributed by atoms with Gasteiger partial charge in [-0.2, -0.15) is 0 Å². The third kappa shape index (κ3) is 3.02. The van der Waals surface area contributed by atoms with Crippen molar-refractivity contribution in [2.24, 2.45) is 0 Å². The first kappa shape index (κ1) is 14.2. The molecule has 1 amide bonds. The first-order valence-electron chi connectivity index (χ1n) is 5.77. The zero-order chi connectivity index (χ0) is 14.7. The first-order chi connectivity index (χ1) is 9.51. The van der Waals surface area contributed by atoms with E-state index in [-0.39, 0.29) is 12.3 Å². The van der Waals surface area contributed by atoms with Gasteiger partial charge >= 0.3 is 5.97 Å². The molecule has 0 bridgehead atoms. The molecule has 0 aromatic carbocycles. The molecular formula is C12H13N3O4S. The monoisotopic (exact) mass is 295 g/mol. The molecule has 20 heavy (non-hydrogen) atoms. The van der Waals surface area contributed by atoms with Crippen LogP contribution in [0.4, 0.5) is 5.13 Å². The number of hydrogen-bond acceptors (Lipinski definition) is 7. The van der Waals surface area contributed by atoms with Gasteiger partial charge in [-0.15, -0.1) is 0 Å². The average molecular weight is 295 g/mol. The standard InChI is InChI=1S/C12H13N3O4S/c1-6-8(7(2)19-15-6)4-10(16)14-12-13-5-9(20-12)11(17)18-3/h5H,4H2,1-3H3,(H,13,14,16). The fourth-order valence-corrected chi connectivity index (χ4v) is 2.36. The normalized spacial score (nSPS) is 10.3. The number of hydrogen-bond donors (Lipinski definition) is 1. The van der Waals surface area contributed by atoms with Crippen LogP contribution >= 0.6 is 11.3 Å². The van der Waals surface area contributed by atoms with Crippen molar-refractivity contribution in [3.8, 4) is 0 Å². The Kier molecular flexibility index (Phi) is 4.14. The van der Waals surface area contributed by atoms with E-state index in [4.69, 9.17) is 4.52 Å². The summed E-state index contributed by atoms with van der Waals surface area (Å²) < 4.78 is 9.56. The Hall–Kier alpha value is -2.22. The highest BCUT2D eigenvalue weighted by Crippen LogP contribution is 2.20. The molecule has 0 aliphatic carbocycles. The maximum atomic E-state index is 11.9. The van der Waals surface area contributed by atoms with Crippen molar-refractivity contribution in [1.82, 2.24) is 10.1 Å². The molecule has 0 spiro atoms. The number of thiazole rings is 1. The summed E-state index contributed by atoms with van der Waals surface area (Å²) in [6, 6.07) is 0. The van der Waals surface area contributed by atoms with Crippen LogP contribution in [-0.4, -0.2) is 29.1 Å². The Bertz CT molecular complexity index is 627. The first-order valence-corrected chi connectivity index (χ1v) is 6.58. The minimum absolute atomic E-state index is 0.147. The van der Waals surface area contributed by atoms with Crippen LogP contribution in [0.5, 0.6) is 0 Å². The predicted molar refractivity (Wildman–Crippen MR) is 71.8 cm³/mol. The van der Waals surface area contributed by atoms with Crippen molar-refractivity contribution in [1.29, 1.82) is 0 Å². The van der Waals surface area contributed by atoms with Gasteiger partial charge in [0.1, 0.15) is 10.6 Å². The molecule has 8 heteroatoms. The molecule has 7 nitrogen and oxygen atoms in total. The van der Waals surface area contributed by atoms with Crippen molar-refractivity contribution in [2.75, 3.05) is 12.4 Å². The number of ether oxygens (including phenoxy) is 1. The van der Waals surface area contributed by atoms with E-state index in [0.717, 1.165) is 16.9 Å². The lowest BCUT2D eigenvalue weighted by Crippen LogP contribution is -2.14. The van der Waals surface area contributed by atoms with Crippen LogP contribution in [0.1, 0.15) is 26.7 Å². The smallest absolute Gasteiger partial charge is 0.349 e. The zero-order valence-corrected chi connectivity index (χ0v) is 12.0. The van der Waals surface area contributed by atoms with E-state index in [0.29, 0.717) is 21.5 Å². The summed E-state index contributed by atoms with van der Waals surface area (Å²) >= 11 is 1.06. The van der Waals surface area contributed by atoms with Gasteiger partial charge in [-0.3, -0.25) is 4.79 Å². The molecule has 2 heterocycles. The summed E-state index contributed by atoms with van der Waals surface area (Å²) in [5, 5.41) is 6.76. The molecule has 0 unspecified atom stereocenters. The van der Waals surface area contributed by atoms with E-state index in [1.54, 1.807) is 13.8 Å². The van der Waals surface area contributed by atoms with Crippen LogP contribution in [-0.2, 0) is 16.0 Å². The molecule has 0 saturated carbocycles. The fraction of sp³-hybridized carbons (Fsp3) is 0.333. The average Bonchev–Trinajstić information content (AvgIpc) is 3.00. The number of nitrogens with one attached hydrogen (secondary N) is 1. The maximum absolute atomic E-state index is 11.9. The van der Waals surface area contributed by atoms with E-state index < -0.39 is 5.97 Å². The Labute approximate surface area is 118 Å². The number of carbonyl (C=O) groups is 2. The summed E-state index contributed by atoms with van der Waals surface area (Å²) in [7, 11) is 1.29. The summed E-state index contributed by atoms with van der Waals surface area (Å²) in [4.78, 5) is 27.5. The molecule has 0 fully saturated rings. The second-order valence-electron chi connectivity index (χ2n) is 4.05. The topological polar surface area (TPSA) is 94.3 Å². The Balaban J connectivity index is 2.02. The lowest BCUT2D eigenvalue weighted by molar-refractivity contribution is -0.115. The zero-order valence-electron chi connectivity index (χ0n) is 11.2. The fourth-order valence-electron chi connectivity index (χ4n) is 1.61. The van der Waals surface area contributed by atoms with E-state index in [2.05, 4.69) is 20.2 Å². The molecule has 2 aromatic heterocycles. The minimum Gasteiger partial charge on any atom is -0.465 e. The molecular weight excluding hydrogens is 282 g/mol. The van der Waals surface area contributed by atoms with Gasteiger partial charge in [0, 0.05) is 5.56 Å².